The van der Waals surface area contributed by atoms with E-state index in [1.807, 2.05) is 30.0 Å². The molecule has 0 unspecified atom stereocenters. The van der Waals surface area contributed by atoms with Gasteiger partial charge in [0, 0.05) is 11.8 Å². The van der Waals surface area contributed by atoms with Gasteiger partial charge in [-0.05, 0) is 38.0 Å². The summed E-state index contributed by atoms with van der Waals surface area (Å²) in [7, 11) is 3.24. The Morgan fingerprint density at radius 1 is 1.00 bits per heavy atom. The van der Waals surface area contributed by atoms with E-state index in [0.29, 0.717) is 23.7 Å². The van der Waals surface area contributed by atoms with Crippen LogP contribution in [0.25, 0.3) is 11.4 Å². The predicted octanol–water partition coefficient (Wildman–Crippen LogP) is 3.20. The molecule has 1 saturated carbocycles. The summed E-state index contributed by atoms with van der Waals surface area (Å²) in [4.78, 5) is 23.8. The van der Waals surface area contributed by atoms with Crippen LogP contribution >= 0.6 is 0 Å². The Hall–Kier alpha value is -3.49. The van der Waals surface area contributed by atoms with E-state index in [-0.39, 0.29) is 18.0 Å². The highest BCUT2D eigenvalue weighted by Crippen LogP contribution is 2.41. The van der Waals surface area contributed by atoms with Crippen LogP contribution in [-0.2, 0) is 6.54 Å². The standard InChI is InChI=1S/C23H26N6O3/c1-14-11-25-16(12-24-14)23(30)28-13-21-26-27-22(29(21)18-7-5-4-6-17(18)28)15-8-9-19(31-2)20(10-15)32-3/h8-12,17-18H,4-7,13H2,1-3H3/t17-,18-/m0/s1. The van der Waals surface area contributed by atoms with Crippen molar-refractivity contribution in [1.29, 1.82) is 0 Å². The molecule has 0 radical (unpaired) electrons. The van der Waals surface area contributed by atoms with E-state index in [1.54, 1.807) is 26.6 Å². The topological polar surface area (TPSA) is 95.3 Å². The fourth-order valence-corrected chi connectivity index (χ4v) is 4.85. The summed E-state index contributed by atoms with van der Waals surface area (Å²) >= 11 is 0. The number of hydrogen-bond donors (Lipinski definition) is 0. The van der Waals surface area contributed by atoms with Crippen molar-refractivity contribution in [3.63, 3.8) is 0 Å². The number of fused-ring (bicyclic) bond motifs is 3. The van der Waals surface area contributed by atoms with Crippen LogP contribution in [0, 0.1) is 6.92 Å². The van der Waals surface area contributed by atoms with Gasteiger partial charge in [-0.2, -0.15) is 0 Å². The Morgan fingerprint density at radius 2 is 1.78 bits per heavy atom. The summed E-state index contributed by atoms with van der Waals surface area (Å²) in [6.45, 7) is 2.26. The third-order valence-corrected chi connectivity index (χ3v) is 6.41. The van der Waals surface area contributed by atoms with Crippen molar-refractivity contribution >= 4 is 5.91 Å². The van der Waals surface area contributed by atoms with Crippen LogP contribution in [0.15, 0.2) is 30.6 Å². The molecule has 32 heavy (non-hydrogen) atoms. The Kier molecular flexibility index (Phi) is 5.24. The minimum Gasteiger partial charge on any atom is -0.493 e. The zero-order valence-electron chi connectivity index (χ0n) is 18.5. The van der Waals surface area contributed by atoms with Crippen molar-refractivity contribution in [3.8, 4) is 22.9 Å². The van der Waals surface area contributed by atoms with E-state index in [9.17, 15) is 4.79 Å². The van der Waals surface area contributed by atoms with Crippen LogP contribution < -0.4 is 9.47 Å². The van der Waals surface area contributed by atoms with Gasteiger partial charge in [0.2, 0.25) is 0 Å². The summed E-state index contributed by atoms with van der Waals surface area (Å²) in [5, 5.41) is 8.99. The van der Waals surface area contributed by atoms with E-state index >= 15 is 0 Å². The molecule has 3 aromatic rings. The van der Waals surface area contributed by atoms with Crippen molar-refractivity contribution in [1.82, 2.24) is 29.6 Å². The first kappa shape index (κ1) is 20.4. The molecule has 1 aliphatic heterocycles. The number of carbonyl (C=O) groups is 1. The normalized spacial score (nSPS) is 19.8. The zero-order chi connectivity index (χ0) is 22.2. The zero-order valence-corrected chi connectivity index (χ0v) is 18.5. The van der Waals surface area contributed by atoms with Gasteiger partial charge in [0.25, 0.3) is 5.91 Å². The molecule has 0 saturated heterocycles. The van der Waals surface area contributed by atoms with Crippen LogP contribution in [0.5, 0.6) is 11.5 Å². The van der Waals surface area contributed by atoms with Crippen molar-refractivity contribution in [2.24, 2.45) is 0 Å². The fraction of sp³-hybridized carbons (Fsp3) is 0.435. The van der Waals surface area contributed by atoms with Gasteiger partial charge >= 0.3 is 0 Å². The molecule has 2 aromatic heterocycles. The van der Waals surface area contributed by atoms with Crippen LogP contribution in [0.2, 0.25) is 0 Å². The van der Waals surface area contributed by atoms with Crippen LogP contribution in [0.4, 0.5) is 0 Å². The molecular formula is C23H26N6O3. The molecule has 9 heteroatoms. The third-order valence-electron chi connectivity index (χ3n) is 6.41. The van der Waals surface area contributed by atoms with Gasteiger partial charge in [-0.25, -0.2) is 4.98 Å². The van der Waals surface area contributed by atoms with Crippen molar-refractivity contribution in [3.05, 3.63) is 47.8 Å². The highest BCUT2D eigenvalue weighted by Gasteiger charge is 2.41. The molecule has 9 nitrogen and oxygen atoms in total. The van der Waals surface area contributed by atoms with E-state index in [1.165, 1.54) is 0 Å². The smallest absolute Gasteiger partial charge is 0.274 e. The number of hydrogen-bond acceptors (Lipinski definition) is 7. The molecular weight excluding hydrogens is 408 g/mol. The maximum Gasteiger partial charge on any atom is 0.274 e. The maximum atomic E-state index is 13.3. The molecule has 0 N–H and O–H groups in total. The third kappa shape index (κ3) is 3.37. The first-order valence-electron chi connectivity index (χ1n) is 10.9. The number of rotatable bonds is 4. The molecule has 1 aromatic carbocycles. The van der Waals surface area contributed by atoms with E-state index in [4.69, 9.17) is 9.47 Å². The number of carbonyl (C=O) groups excluding carboxylic acids is 1. The number of amides is 1. The Labute approximate surface area is 186 Å². The van der Waals surface area contributed by atoms with Crippen molar-refractivity contribution in [2.75, 3.05) is 14.2 Å². The number of methoxy groups -OCH3 is 2. The van der Waals surface area contributed by atoms with Gasteiger partial charge in [0.1, 0.15) is 5.69 Å². The summed E-state index contributed by atoms with van der Waals surface area (Å²) in [6, 6.07) is 5.96. The predicted molar refractivity (Wildman–Crippen MR) is 116 cm³/mol. The molecule has 0 spiro atoms. The second-order valence-electron chi connectivity index (χ2n) is 8.27. The lowest BCUT2D eigenvalue weighted by molar-refractivity contribution is 0.0414. The molecule has 3 heterocycles. The SMILES string of the molecule is COc1ccc(-c2nnc3n2[C@H]2CCCC[C@@H]2N(C(=O)c2cnc(C)cn2)C3)cc1OC. The van der Waals surface area contributed by atoms with E-state index in [2.05, 4.69) is 24.7 Å². The number of nitrogens with zero attached hydrogens (tertiary/aromatic N) is 6. The number of benzene rings is 1. The average Bonchev–Trinajstić information content (AvgIpc) is 3.27. The van der Waals surface area contributed by atoms with Gasteiger partial charge in [0.05, 0.1) is 44.7 Å². The lowest BCUT2D eigenvalue weighted by Gasteiger charge is -2.44. The second kappa shape index (κ2) is 8.22. The fourth-order valence-electron chi connectivity index (χ4n) is 4.85. The lowest BCUT2D eigenvalue weighted by Crippen LogP contribution is -2.50. The molecule has 1 amide bonds. The second-order valence-corrected chi connectivity index (χ2v) is 8.27. The number of aromatic nitrogens is 5. The molecule has 2 atom stereocenters. The maximum absolute atomic E-state index is 13.3. The molecule has 1 fully saturated rings. The lowest BCUT2D eigenvalue weighted by atomic mass is 9.87. The van der Waals surface area contributed by atoms with Crippen molar-refractivity contribution < 1.29 is 14.3 Å². The number of ether oxygens (including phenoxy) is 2. The highest BCUT2D eigenvalue weighted by molar-refractivity contribution is 5.92. The Bertz CT molecular complexity index is 1140. The molecule has 166 valence electrons. The van der Waals surface area contributed by atoms with E-state index < -0.39 is 0 Å². The van der Waals surface area contributed by atoms with Crippen LogP contribution in [0.1, 0.15) is 53.7 Å². The first-order valence-corrected chi connectivity index (χ1v) is 10.9. The number of aryl methyl sites for hydroxylation is 1. The van der Waals surface area contributed by atoms with Gasteiger partial charge in [0.15, 0.2) is 23.1 Å². The van der Waals surface area contributed by atoms with Gasteiger partial charge < -0.3 is 18.9 Å². The van der Waals surface area contributed by atoms with Gasteiger partial charge in [-0.3, -0.25) is 9.78 Å². The molecule has 5 rings (SSSR count). The van der Waals surface area contributed by atoms with E-state index in [0.717, 1.165) is 48.6 Å². The monoisotopic (exact) mass is 434 g/mol. The van der Waals surface area contributed by atoms with Crippen LogP contribution in [0.3, 0.4) is 0 Å². The molecule has 2 aliphatic rings. The average molecular weight is 435 g/mol. The minimum absolute atomic E-state index is 0.0711. The minimum atomic E-state index is -0.101. The first-order chi connectivity index (χ1) is 15.6. The molecule has 1 aliphatic carbocycles. The summed E-state index contributed by atoms with van der Waals surface area (Å²) < 4.78 is 13.1. The molecule has 0 bridgehead atoms. The van der Waals surface area contributed by atoms with Gasteiger partial charge in [-0.15, -0.1) is 10.2 Å². The quantitative estimate of drug-likeness (QED) is 0.622. The van der Waals surface area contributed by atoms with Crippen molar-refractivity contribution in [2.45, 2.75) is 51.2 Å². The summed E-state index contributed by atoms with van der Waals surface area (Å²) in [6.07, 6.45) is 7.30. The van der Waals surface area contributed by atoms with Crippen LogP contribution in [-0.4, -0.2) is 55.8 Å². The Balaban J connectivity index is 1.54. The summed E-state index contributed by atoms with van der Waals surface area (Å²) in [5.41, 5.74) is 2.07. The van der Waals surface area contributed by atoms with Gasteiger partial charge in [-0.1, -0.05) is 12.8 Å². The highest BCUT2D eigenvalue weighted by atomic mass is 16.5. The summed E-state index contributed by atoms with van der Waals surface area (Å²) in [5.74, 6) is 2.79. The largest absolute Gasteiger partial charge is 0.493 e. The Morgan fingerprint density at radius 3 is 2.50 bits per heavy atom.